The van der Waals surface area contributed by atoms with Gasteiger partial charge in [-0.3, -0.25) is 0 Å². The molecule has 12 heteroatoms. The highest BCUT2D eigenvalue weighted by Gasteiger charge is 2.30. The summed E-state index contributed by atoms with van der Waals surface area (Å²) in [5.74, 6) is 0. The van der Waals surface area contributed by atoms with Crippen LogP contribution in [-0.4, -0.2) is 87.9 Å². The van der Waals surface area contributed by atoms with E-state index in [9.17, 15) is 16.8 Å². The van der Waals surface area contributed by atoms with Gasteiger partial charge in [0.25, 0.3) is 0 Å². The second kappa shape index (κ2) is 10.5. The van der Waals surface area contributed by atoms with Crippen LogP contribution in [0.25, 0.3) is 0 Å². The Morgan fingerprint density at radius 3 is 1.91 bits per heavy atom. The topological polar surface area (TPSA) is 99.3 Å². The number of thiocarbonyl (C=S) groups is 1. The van der Waals surface area contributed by atoms with Crippen LogP contribution in [0.4, 0.5) is 5.69 Å². The standard InChI is InChI=1S/C23H30N4O5S3/c1-18-3-6-22(17-19(18)2)35(30,31)26-11-9-25(10-12-26)23(33)24-20-4-7-21(8-5-20)34(28,29)27-13-15-32-16-14-27/h3-8,17H,9-16H2,1-2H3,(H,24,33). The van der Waals surface area contributed by atoms with E-state index in [-0.39, 0.29) is 4.90 Å². The molecule has 0 aliphatic carbocycles. The number of aryl methyl sites for hydroxylation is 2. The molecule has 0 radical (unpaired) electrons. The van der Waals surface area contributed by atoms with Crippen LogP contribution >= 0.6 is 12.2 Å². The summed E-state index contributed by atoms with van der Waals surface area (Å²) in [6.07, 6.45) is 0. The number of hydrogen-bond acceptors (Lipinski definition) is 6. The maximum absolute atomic E-state index is 13.0. The first-order valence-corrected chi connectivity index (χ1v) is 14.7. The molecule has 190 valence electrons. The Labute approximate surface area is 212 Å². The Kier molecular flexibility index (Phi) is 7.79. The summed E-state index contributed by atoms with van der Waals surface area (Å²) < 4.78 is 59.8. The zero-order chi connectivity index (χ0) is 25.2. The molecule has 0 unspecified atom stereocenters. The summed E-state index contributed by atoms with van der Waals surface area (Å²) in [7, 11) is -7.12. The van der Waals surface area contributed by atoms with E-state index < -0.39 is 20.0 Å². The molecule has 0 bridgehead atoms. The normalized spacial score (nSPS) is 18.4. The first kappa shape index (κ1) is 26.0. The van der Waals surface area contributed by atoms with Crippen LogP contribution in [-0.2, 0) is 24.8 Å². The molecule has 0 aromatic heterocycles. The highest BCUT2D eigenvalue weighted by molar-refractivity contribution is 7.89. The molecule has 0 spiro atoms. The van der Waals surface area contributed by atoms with Crippen LogP contribution in [0.5, 0.6) is 0 Å². The number of ether oxygens (including phenoxy) is 1. The Balaban J connectivity index is 1.34. The third-order valence-electron chi connectivity index (χ3n) is 6.36. The van der Waals surface area contributed by atoms with Crippen molar-refractivity contribution in [3.63, 3.8) is 0 Å². The third-order valence-corrected chi connectivity index (χ3v) is 10.5. The average molecular weight is 539 g/mol. The van der Waals surface area contributed by atoms with Crippen LogP contribution in [0, 0.1) is 13.8 Å². The third kappa shape index (κ3) is 5.68. The lowest BCUT2D eigenvalue weighted by Gasteiger charge is -2.35. The molecule has 2 fully saturated rings. The van der Waals surface area contributed by atoms with E-state index in [1.807, 2.05) is 24.8 Å². The van der Waals surface area contributed by atoms with E-state index in [4.69, 9.17) is 17.0 Å². The molecule has 4 rings (SSSR count). The number of rotatable bonds is 5. The van der Waals surface area contributed by atoms with Crippen molar-refractivity contribution in [2.24, 2.45) is 0 Å². The lowest BCUT2D eigenvalue weighted by atomic mass is 10.1. The number of morpholine rings is 1. The minimum absolute atomic E-state index is 0.223. The van der Waals surface area contributed by atoms with Crippen LogP contribution in [0.15, 0.2) is 52.3 Å². The number of hydrogen-bond donors (Lipinski definition) is 1. The molecule has 0 amide bonds. The van der Waals surface area contributed by atoms with E-state index in [0.717, 1.165) is 11.1 Å². The number of sulfonamides is 2. The van der Waals surface area contributed by atoms with Gasteiger partial charge in [-0.25, -0.2) is 16.8 Å². The van der Waals surface area contributed by atoms with Gasteiger partial charge in [0.2, 0.25) is 20.0 Å². The Hall–Kier alpha value is -2.09. The SMILES string of the molecule is Cc1ccc(S(=O)(=O)N2CCN(C(=S)Nc3ccc(S(=O)(=O)N4CCOCC4)cc3)CC2)cc1C. The van der Waals surface area contributed by atoms with Gasteiger partial charge in [-0.2, -0.15) is 8.61 Å². The van der Waals surface area contributed by atoms with Gasteiger partial charge >= 0.3 is 0 Å². The molecular formula is C23H30N4O5S3. The summed E-state index contributed by atoms with van der Waals surface area (Å²) in [4.78, 5) is 2.45. The zero-order valence-corrected chi connectivity index (χ0v) is 22.3. The van der Waals surface area contributed by atoms with Crippen molar-refractivity contribution in [1.29, 1.82) is 0 Å². The summed E-state index contributed by atoms with van der Waals surface area (Å²) >= 11 is 5.53. The monoisotopic (exact) mass is 538 g/mol. The fraction of sp³-hybridized carbons (Fsp3) is 0.435. The summed E-state index contributed by atoms with van der Waals surface area (Å²) in [5.41, 5.74) is 2.66. The van der Waals surface area contributed by atoms with Crippen molar-refractivity contribution in [2.75, 3.05) is 57.8 Å². The fourth-order valence-corrected chi connectivity index (χ4v) is 7.22. The van der Waals surface area contributed by atoms with Crippen molar-refractivity contribution >= 4 is 43.1 Å². The fourth-order valence-electron chi connectivity index (χ4n) is 4.00. The first-order chi connectivity index (χ1) is 16.6. The molecule has 2 heterocycles. The molecule has 2 aromatic rings. The van der Waals surface area contributed by atoms with E-state index in [2.05, 4.69) is 5.32 Å². The maximum atomic E-state index is 13.0. The van der Waals surface area contributed by atoms with Gasteiger partial charge in [0.15, 0.2) is 5.11 Å². The molecular weight excluding hydrogens is 508 g/mol. The molecule has 2 aromatic carbocycles. The smallest absolute Gasteiger partial charge is 0.243 e. The average Bonchev–Trinajstić information content (AvgIpc) is 2.86. The van der Waals surface area contributed by atoms with E-state index in [1.165, 1.54) is 8.61 Å². The molecule has 35 heavy (non-hydrogen) atoms. The minimum atomic E-state index is -3.56. The first-order valence-electron chi connectivity index (χ1n) is 11.4. The second-order valence-corrected chi connectivity index (χ2v) is 12.9. The highest BCUT2D eigenvalue weighted by atomic mass is 32.2. The Morgan fingerprint density at radius 1 is 0.771 bits per heavy atom. The van der Waals surface area contributed by atoms with E-state index in [1.54, 1.807) is 36.4 Å². The summed E-state index contributed by atoms with van der Waals surface area (Å²) in [5, 5.41) is 3.60. The van der Waals surface area contributed by atoms with Crippen LogP contribution in [0.2, 0.25) is 0 Å². The molecule has 0 atom stereocenters. The van der Waals surface area contributed by atoms with Gasteiger partial charge < -0.3 is 15.0 Å². The molecule has 2 aliphatic rings. The Morgan fingerprint density at radius 2 is 1.31 bits per heavy atom. The molecule has 1 N–H and O–H groups in total. The molecule has 2 aliphatic heterocycles. The van der Waals surface area contributed by atoms with Gasteiger partial charge in [0.05, 0.1) is 23.0 Å². The van der Waals surface area contributed by atoms with Crippen molar-refractivity contribution < 1.29 is 21.6 Å². The van der Waals surface area contributed by atoms with Gasteiger partial charge in [-0.1, -0.05) is 6.07 Å². The number of piperazine rings is 1. The lowest BCUT2D eigenvalue weighted by Crippen LogP contribution is -2.51. The van der Waals surface area contributed by atoms with Gasteiger partial charge in [0, 0.05) is 45.0 Å². The number of nitrogens with zero attached hydrogens (tertiary/aromatic N) is 3. The summed E-state index contributed by atoms with van der Waals surface area (Å²) in [6.45, 7) is 6.91. The van der Waals surface area contributed by atoms with E-state index in [0.29, 0.717) is 68.2 Å². The maximum Gasteiger partial charge on any atom is 0.243 e. The lowest BCUT2D eigenvalue weighted by molar-refractivity contribution is 0.0730. The van der Waals surface area contributed by atoms with Gasteiger partial charge in [-0.15, -0.1) is 0 Å². The molecule has 0 saturated carbocycles. The number of benzene rings is 2. The predicted molar refractivity (Wildman–Crippen MR) is 138 cm³/mol. The van der Waals surface area contributed by atoms with Crippen LogP contribution in [0.3, 0.4) is 0 Å². The largest absolute Gasteiger partial charge is 0.379 e. The summed E-state index contributed by atoms with van der Waals surface area (Å²) in [6, 6.07) is 11.7. The highest BCUT2D eigenvalue weighted by Crippen LogP contribution is 2.22. The molecule has 9 nitrogen and oxygen atoms in total. The van der Waals surface area contributed by atoms with Crippen LogP contribution in [0.1, 0.15) is 11.1 Å². The van der Waals surface area contributed by atoms with Crippen molar-refractivity contribution in [1.82, 2.24) is 13.5 Å². The Bertz CT molecular complexity index is 1280. The van der Waals surface area contributed by atoms with E-state index >= 15 is 0 Å². The van der Waals surface area contributed by atoms with Gasteiger partial charge in [0.1, 0.15) is 0 Å². The number of anilines is 1. The second-order valence-electron chi connectivity index (χ2n) is 8.61. The minimum Gasteiger partial charge on any atom is -0.379 e. The number of nitrogens with one attached hydrogen (secondary N) is 1. The van der Waals surface area contributed by atoms with Gasteiger partial charge in [-0.05, 0) is 73.6 Å². The van der Waals surface area contributed by atoms with Crippen LogP contribution < -0.4 is 5.32 Å². The van der Waals surface area contributed by atoms with Crippen molar-refractivity contribution in [2.45, 2.75) is 23.6 Å². The van der Waals surface area contributed by atoms with Crippen molar-refractivity contribution in [3.8, 4) is 0 Å². The quantitative estimate of drug-likeness (QED) is 0.578. The predicted octanol–water partition coefficient (Wildman–Crippen LogP) is 2.03. The van der Waals surface area contributed by atoms with Crippen molar-refractivity contribution in [3.05, 3.63) is 53.6 Å². The molecule has 2 saturated heterocycles. The zero-order valence-electron chi connectivity index (χ0n) is 19.8.